The summed E-state index contributed by atoms with van der Waals surface area (Å²) in [6, 6.07) is 0.299. The Kier molecular flexibility index (Phi) is 4.18. The molecule has 0 N–H and O–H groups in total. The van der Waals surface area contributed by atoms with Crippen LogP contribution in [0.25, 0.3) is 0 Å². The first-order chi connectivity index (χ1) is 6.20. The lowest BCUT2D eigenvalue weighted by Gasteiger charge is -2.31. The van der Waals surface area contributed by atoms with Crippen LogP contribution in [-0.2, 0) is 14.3 Å². The Hall–Kier alpha value is -0.610. The normalized spacial score (nSPS) is 21.1. The summed E-state index contributed by atoms with van der Waals surface area (Å²) in [5.41, 5.74) is 0. The molecule has 1 atom stereocenters. The fraction of sp³-hybridized carbons (Fsp3) is 0.889. The highest BCUT2D eigenvalue weighted by Crippen LogP contribution is 2.03. The van der Waals surface area contributed by atoms with Crippen molar-refractivity contribution >= 4 is 5.97 Å². The highest BCUT2D eigenvalue weighted by atomic mass is 16.5. The summed E-state index contributed by atoms with van der Waals surface area (Å²) in [5.74, 6) is -0.208. The van der Waals surface area contributed by atoms with Crippen LogP contribution in [0.1, 0.15) is 13.8 Å². The number of carbonyl (C=O) groups excluding carboxylic acids is 1. The summed E-state index contributed by atoms with van der Waals surface area (Å²) in [5, 5.41) is 0. The van der Waals surface area contributed by atoms with Gasteiger partial charge in [-0.05, 0) is 6.92 Å². The fourth-order valence-electron chi connectivity index (χ4n) is 1.36. The Bertz CT molecular complexity index is 166. The van der Waals surface area contributed by atoms with E-state index in [-0.39, 0.29) is 5.97 Å². The molecule has 4 heteroatoms. The minimum Gasteiger partial charge on any atom is -0.464 e. The Morgan fingerprint density at radius 1 is 1.54 bits per heavy atom. The topological polar surface area (TPSA) is 38.8 Å². The van der Waals surface area contributed by atoms with Crippen LogP contribution in [0.5, 0.6) is 0 Å². The van der Waals surface area contributed by atoms with Crippen molar-refractivity contribution in [1.29, 1.82) is 0 Å². The monoisotopic (exact) mass is 187 g/mol. The molecule has 0 bridgehead atoms. The molecule has 1 heterocycles. The number of morpholine rings is 1. The number of esters is 1. The first kappa shape index (κ1) is 10.5. The maximum Gasteiger partial charge on any atom is 0.302 e. The molecule has 0 aliphatic carbocycles. The predicted octanol–water partition coefficient (Wildman–Crippen LogP) is 0.270. The summed E-state index contributed by atoms with van der Waals surface area (Å²) in [6.45, 7) is 7.41. The van der Waals surface area contributed by atoms with E-state index in [9.17, 15) is 4.79 Å². The quantitative estimate of drug-likeness (QED) is 0.594. The van der Waals surface area contributed by atoms with Crippen LogP contribution < -0.4 is 0 Å². The average Bonchev–Trinajstić information content (AvgIpc) is 2.15. The summed E-state index contributed by atoms with van der Waals surface area (Å²) < 4.78 is 10.2. The molecular formula is C9H17NO3. The second-order valence-corrected chi connectivity index (χ2v) is 3.30. The SMILES string of the molecule is CC(=O)OCC(C)N1CCOCC1. The summed E-state index contributed by atoms with van der Waals surface area (Å²) in [7, 11) is 0. The van der Waals surface area contributed by atoms with Crippen molar-refractivity contribution in [3.05, 3.63) is 0 Å². The molecule has 1 saturated heterocycles. The van der Waals surface area contributed by atoms with Gasteiger partial charge in [-0.1, -0.05) is 0 Å². The van der Waals surface area contributed by atoms with Crippen molar-refractivity contribution < 1.29 is 14.3 Å². The van der Waals surface area contributed by atoms with Gasteiger partial charge in [0.25, 0.3) is 0 Å². The number of nitrogens with zero attached hydrogens (tertiary/aromatic N) is 1. The molecule has 1 fully saturated rings. The van der Waals surface area contributed by atoms with Crippen LogP contribution in [0.3, 0.4) is 0 Å². The first-order valence-corrected chi connectivity index (χ1v) is 4.65. The van der Waals surface area contributed by atoms with E-state index in [1.165, 1.54) is 6.92 Å². The third-order valence-electron chi connectivity index (χ3n) is 2.20. The molecule has 0 spiro atoms. The highest BCUT2D eigenvalue weighted by Gasteiger charge is 2.17. The van der Waals surface area contributed by atoms with Crippen LogP contribution in [0, 0.1) is 0 Å². The molecule has 0 aromatic rings. The van der Waals surface area contributed by atoms with Gasteiger partial charge < -0.3 is 9.47 Å². The summed E-state index contributed by atoms with van der Waals surface area (Å²) >= 11 is 0. The molecule has 0 amide bonds. The van der Waals surface area contributed by atoms with Gasteiger partial charge in [-0.3, -0.25) is 9.69 Å². The van der Waals surface area contributed by atoms with Gasteiger partial charge in [0.05, 0.1) is 13.2 Å². The van der Waals surface area contributed by atoms with E-state index >= 15 is 0 Å². The Balaban J connectivity index is 2.20. The number of ether oxygens (including phenoxy) is 2. The maximum absolute atomic E-state index is 10.6. The third-order valence-corrected chi connectivity index (χ3v) is 2.20. The van der Waals surface area contributed by atoms with Gasteiger partial charge in [0.1, 0.15) is 6.61 Å². The molecule has 0 saturated carbocycles. The standard InChI is InChI=1S/C9H17NO3/c1-8(7-13-9(2)11)10-3-5-12-6-4-10/h8H,3-7H2,1-2H3. The van der Waals surface area contributed by atoms with Gasteiger partial charge in [-0.15, -0.1) is 0 Å². The summed E-state index contributed by atoms with van der Waals surface area (Å²) in [6.07, 6.45) is 0. The van der Waals surface area contributed by atoms with E-state index in [0.29, 0.717) is 12.6 Å². The molecule has 0 aromatic heterocycles. The fourth-order valence-corrected chi connectivity index (χ4v) is 1.36. The number of hydrogen-bond donors (Lipinski definition) is 0. The van der Waals surface area contributed by atoms with Gasteiger partial charge in [0.2, 0.25) is 0 Å². The minimum absolute atomic E-state index is 0.208. The number of carbonyl (C=O) groups is 1. The van der Waals surface area contributed by atoms with Crippen LogP contribution in [0.4, 0.5) is 0 Å². The Labute approximate surface area is 78.8 Å². The van der Waals surface area contributed by atoms with Gasteiger partial charge in [-0.25, -0.2) is 0 Å². The molecule has 1 aliphatic heterocycles. The lowest BCUT2D eigenvalue weighted by Crippen LogP contribution is -2.44. The molecule has 1 aliphatic rings. The minimum atomic E-state index is -0.208. The van der Waals surface area contributed by atoms with Gasteiger partial charge in [-0.2, -0.15) is 0 Å². The molecule has 1 unspecified atom stereocenters. The predicted molar refractivity (Wildman–Crippen MR) is 48.5 cm³/mol. The van der Waals surface area contributed by atoms with Crippen LogP contribution in [0.2, 0.25) is 0 Å². The van der Waals surface area contributed by atoms with Gasteiger partial charge >= 0.3 is 5.97 Å². The van der Waals surface area contributed by atoms with Crippen molar-refractivity contribution in [3.8, 4) is 0 Å². The second kappa shape index (κ2) is 5.19. The van der Waals surface area contributed by atoms with Gasteiger partial charge in [0.15, 0.2) is 0 Å². The maximum atomic E-state index is 10.6. The highest BCUT2D eigenvalue weighted by molar-refractivity contribution is 5.65. The zero-order chi connectivity index (χ0) is 9.68. The van der Waals surface area contributed by atoms with Crippen molar-refractivity contribution in [3.63, 3.8) is 0 Å². The zero-order valence-corrected chi connectivity index (χ0v) is 8.28. The molecule has 0 aromatic carbocycles. The average molecular weight is 187 g/mol. The van der Waals surface area contributed by atoms with Crippen molar-refractivity contribution in [2.45, 2.75) is 19.9 Å². The smallest absolute Gasteiger partial charge is 0.302 e. The molecular weight excluding hydrogens is 170 g/mol. The van der Waals surface area contributed by atoms with E-state index in [1.54, 1.807) is 0 Å². The molecule has 76 valence electrons. The second-order valence-electron chi connectivity index (χ2n) is 3.30. The Morgan fingerprint density at radius 3 is 2.69 bits per heavy atom. The third kappa shape index (κ3) is 3.74. The largest absolute Gasteiger partial charge is 0.464 e. The molecule has 1 rings (SSSR count). The van der Waals surface area contributed by atoms with Gasteiger partial charge in [0, 0.05) is 26.1 Å². The lowest BCUT2D eigenvalue weighted by atomic mass is 10.3. The van der Waals surface area contributed by atoms with Crippen molar-refractivity contribution in [1.82, 2.24) is 4.90 Å². The molecule has 4 nitrogen and oxygen atoms in total. The number of rotatable bonds is 3. The molecule has 13 heavy (non-hydrogen) atoms. The van der Waals surface area contributed by atoms with Crippen LogP contribution in [-0.4, -0.2) is 49.8 Å². The van der Waals surface area contributed by atoms with E-state index in [0.717, 1.165) is 26.3 Å². The Morgan fingerprint density at radius 2 is 2.15 bits per heavy atom. The zero-order valence-electron chi connectivity index (χ0n) is 8.28. The van der Waals surface area contributed by atoms with E-state index in [4.69, 9.17) is 9.47 Å². The summed E-state index contributed by atoms with van der Waals surface area (Å²) in [4.78, 5) is 12.8. The van der Waals surface area contributed by atoms with Crippen molar-refractivity contribution in [2.24, 2.45) is 0 Å². The lowest BCUT2D eigenvalue weighted by molar-refractivity contribution is -0.143. The van der Waals surface area contributed by atoms with Crippen molar-refractivity contribution in [2.75, 3.05) is 32.9 Å². The van der Waals surface area contributed by atoms with E-state index < -0.39 is 0 Å². The molecule has 0 radical (unpaired) electrons. The van der Waals surface area contributed by atoms with E-state index in [1.807, 2.05) is 0 Å². The van der Waals surface area contributed by atoms with Crippen LogP contribution in [0.15, 0.2) is 0 Å². The van der Waals surface area contributed by atoms with E-state index in [2.05, 4.69) is 11.8 Å². The first-order valence-electron chi connectivity index (χ1n) is 4.65. The number of hydrogen-bond acceptors (Lipinski definition) is 4. The van der Waals surface area contributed by atoms with Crippen LogP contribution >= 0.6 is 0 Å².